The first kappa shape index (κ1) is 14.3. The van der Waals surface area contributed by atoms with Crippen LogP contribution in [0.4, 0.5) is 0 Å². The second kappa shape index (κ2) is 6.03. The van der Waals surface area contributed by atoms with Crippen LogP contribution in [0.3, 0.4) is 0 Å². The molecule has 1 fully saturated rings. The van der Waals surface area contributed by atoms with Gasteiger partial charge in [0.05, 0.1) is 23.6 Å². The van der Waals surface area contributed by atoms with Crippen LogP contribution in [0, 0.1) is 0 Å². The molecule has 0 saturated heterocycles. The highest BCUT2D eigenvalue weighted by Gasteiger charge is 2.33. The molecule has 0 amide bonds. The zero-order valence-electron chi connectivity index (χ0n) is 11.7. The van der Waals surface area contributed by atoms with Crippen molar-refractivity contribution >= 4 is 28.8 Å². The first-order valence-electron chi connectivity index (χ1n) is 6.97. The lowest BCUT2D eigenvalue weighted by Gasteiger charge is -2.36. The van der Waals surface area contributed by atoms with E-state index in [1.54, 1.807) is 12.4 Å². The van der Waals surface area contributed by atoms with Gasteiger partial charge in [0.15, 0.2) is 5.16 Å². The van der Waals surface area contributed by atoms with Gasteiger partial charge in [0.2, 0.25) is 0 Å². The molecule has 0 aliphatic heterocycles. The Morgan fingerprint density at radius 2 is 2.38 bits per heavy atom. The molecule has 2 aromatic heterocycles. The Kier molecular flexibility index (Phi) is 4.12. The molecule has 112 valence electrons. The fraction of sp³-hybridized carbons (Fsp3) is 0.500. The third-order valence-electron chi connectivity index (χ3n) is 3.62. The molecule has 0 atom stereocenters. The first-order valence-corrected chi connectivity index (χ1v) is 7.95. The van der Waals surface area contributed by atoms with Crippen molar-refractivity contribution in [2.24, 2.45) is 0 Å². The van der Waals surface area contributed by atoms with Crippen molar-refractivity contribution in [2.45, 2.75) is 37.1 Å². The molecule has 0 spiro atoms. The van der Waals surface area contributed by atoms with Crippen LogP contribution in [0.1, 0.15) is 25.8 Å². The minimum Gasteiger partial charge on any atom is -0.481 e. The molecule has 0 radical (unpaired) electrons. The van der Waals surface area contributed by atoms with Gasteiger partial charge in [-0.1, -0.05) is 11.8 Å². The Morgan fingerprint density at radius 3 is 3.10 bits per heavy atom. The summed E-state index contributed by atoms with van der Waals surface area (Å²) in [5, 5.41) is 9.62. The highest BCUT2D eigenvalue weighted by Crippen LogP contribution is 2.39. The number of imidazole rings is 1. The zero-order valence-corrected chi connectivity index (χ0v) is 12.5. The Bertz CT molecular complexity index is 652. The van der Waals surface area contributed by atoms with Crippen molar-refractivity contribution < 1.29 is 14.6 Å². The predicted molar refractivity (Wildman–Crippen MR) is 79.6 cm³/mol. The largest absolute Gasteiger partial charge is 0.481 e. The number of carbonyl (C=O) groups is 1. The summed E-state index contributed by atoms with van der Waals surface area (Å²) in [5.74, 6) is -0.823. The third-order valence-corrected chi connectivity index (χ3v) is 4.56. The smallest absolute Gasteiger partial charge is 0.313 e. The normalized spacial score (nSPS) is 21.4. The Morgan fingerprint density at radius 1 is 1.57 bits per heavy atom. The molecule has 21 heavy (non-hydrogen) atoms. The number of fused-ring (bicyclic) bond motifs is 1. The Balaban J connectivity index is 1.87. The number of nitrogens with zero attached hydrogens (tertiary/aromatic N) is 3. The summed E-state index contributed by atoms with van der Waals surface area (Å²) in [7, 11) is 0. The summed E-state index contributed by atoms with van der Waals surface area (Å²) in [6, 6.07) is 2.26. The van der Waals surface area contributed by atoms with E-state index in [0.717, 1.165) is 35.6 Å². The number of rotatable bonds is 6. The number of thioether (sulfide) groups is 1. The summed E-state index contributed by atoms with van der Waals surface area (Å²) >= 11 is 1.26. The molecule has 1 aliphatic carbocycles. The number of hydrogen-bond acceptors (Lipinski definition) is 5. The van der Waals surface area contributed by atoms with E-state index < -0.39 is 5.97 Å². The summed E-state index contributed by atoms with van der Waals surface area (Å²) < 4.78 is 7.75. The molecular formula is C14H17N3O3S. The number of aromatic nitrogens is 3. The SMILES string of the molecule is CCOC1CC(n2c(SCC(=O)O)nc3cnccc32)C1. The van der Waals surface area contributed by atoms with Crippen LogP contribution in [0.15, 0.2) is 23.6 Å². The molecular weight excluding hydrogens is 290 g/mol. The molecule has 0 unspecified atom stereocenters. The first-order chi connectivity index (χ1) is 10.2. The summed E-state index contributed by atoms with van der Waals surface area (Å²) in [6.07, 6.45) is 5.65. The lowest BCUT2D eigenvalue weighted by Crippen LogP contribution is -2.33. The van der Waals surface area contributed by atoms with Crippen LogP contribution >= 0.6 is 11.8 Å². The fourth-order valence-electron chi connectivity index (χ4n) is 2.63. The number of pyridine rings is 1. The molecule has 7 heteroatoms. The second-order valence-electron chi connectivity index (χ2n) is 5.01. The number of carboxylic acids is 1. The molecule has 2 heterocycles. The maximum absolute atomic E-state index is 10.8. The molecule has 3 rings (SSSR count). The molecule has 1 N–H and O–H groups in total. The van der Waals surface area contributed by atoms with Crippen LogP contribution in [-0.2, 0) is 9.53 Å². The molecule has 0 aromatic carbocycles. The number of aliphatic carboxylic acids is 1. The standard InChI is InChI=1S/C14H17N3O3S/c1-2-20-10-5-9(6-10)17-12-3-4-15-7-11(12)16-14(17)21-8-13(18)19/h3-4,7,9-10H,2,5-6,8H2,1H3,(H,18,19). The number of hydrogen-bond donors (Lipinski definition) is 1. The van der Waals surface area contributed by atoms with E-state index in [4.69, 9.17) is 9.84 Å². The average Bonchev–Trinajstić information content (AvgIpc) is 2.78. The highest BCUT2D eigenvalue weighted by atomic mass is 32.2. The zero-order chi connectivity index (χ0) is 14.8. The quantitative estimate of drug-likeness (QED) is 0.825. The number of ether oxygens (including phenoxy) is 1. The van der Waals surface area contributed by atoms with Gasteiger partial charge in [0, 0.05) is 18.8 Å². The van der Waals surface area contributed by atoms with Gasteiger partial charge < -0.3 is 14.4 Å². The van der Waals surface area contributed by atoms with Gasteiger partial charge in [-0.15, -0.1) is 0 Å². The lowest BCUT2D eigenvalue weighted by atomic mass is 9.89. The van der Waals surface area contributed by atoms with Gasteiger partial charge in [0.25, 0.3) is 0 Å². The second-order valence-corrected chi connectivity index (χ2v) is 5.96. The maximum atomic E-state index is 10.8. The predicted octanol–water partition coefficient (Wildman–Crippen LogP) is 2.35. The van der Waals surface area contributed by atoms with E-state index in [9.17, 15) is 4.79 Å². The fourth-order valence-corrected chi connectivity index (χ4v) is 3.43. The van der Waals surface area contributed by atoms with Gasteiger partial charge in [-0.3, -0.25) is 9.78 Å². The van der Waals surface area contributed by atoms with E-state index in [2.05, 4.69) is 14.5 Å². The van der Waals surface area contributed by atoms with Crippen LogP contribution in [0.25, 0.3) is 11.0 Å². The maximum Gasteiger partial charge on any atom is 0.313 e. The van der Waals surface area contributed by atoms with E-state index >= 15 is 0 Å². The van der Waals surface area contributed by atoms with Gasteiger partial charge in [-0.2, -0.15) is 0 Å². The monoisotopic (exact) mass is 307 g/mol. The minimum atomic E-state index is -0.836. The van der Waals surface area contributed by atoms with E-state index in [1.165, 1.54) is 11.8 Å². The van der Waals surface area contributed by atoms with E-state index in [0.29, 0.717) is 12.1 Å². The Hall–Kier alpha value is -1.60. The van der Waals surface area contributed by atoms with Crippen molar-refractivity contribution in [3.05, 3.63) is 18.5 Å². The molecule has 6 nitrogen and oxygen atoms in total. The number of carboxylic acid groups (broad SMARTS) is 1. The van der Waals surface area contributed by atoms with Crippen molar-refractivity contribution in [3.63, 3.8) is 0 Å². The van der Waals surface area contributed by atoms with Gasteiger partial charge >= 0.3 is 5.97 Å². The van der Waals surface area contributed by atoms with Crippen LogP contribution in [0.2, 0.25) is 0 Å². The minimum absolute atomic E-state index is 0.0123. The van der Waals surface area contributed by atoms with E-state index in [1.807, 2.05) is 13.0 Å². The molecule has 0 bridgehead atoms. The highest BCUT2D eigenvalue weighted by molar-refractivity contribution is 7.99. The lowest BCUT2D eigenvalue weighted by molar-refractivity contribution is -0.133. The topological polar surface area (TPSA) is 77.2 Å². The van der Waals surface area contributed by atoms with E-state index in [-0.39, 0.29) is 5.75 Å². The van der Waals surface area contributed by atoms with Gasteiger partial charge in [-0.25, -0.2) is 4.98 Å². The summed E-state index contributed by atoms with van der Waals surface area (Å²) in [6.45, 7) is 2.73. The Labute approximate surface area is 126 Å². The van der Waals surface area contributed by atoms with Crippen LogP contribution in [0.5, 0.6) is 0 Å². The van der Waals surface area contributed by atoms with Crippen molar-refractivity contribution in [3.8, 4) is 0 Å². The van der Waals surface area contributed by atoms with Crippen LogP contribution < -0.4 is 0 Å². The van der Waals surface area contributed by atoms with Crippen molar-refractivity contribution in [2.75, 3.05) is 12.4 Å². The van der Waals surface area contributed by atoms with Crippen molar-refractivity contribution in [1.82, 2.24) is 14.5 Å². The van der Waals surface area contributed by atoms with Crippen LogP contribution in [-0.4, -0.2) is 44.1 Å². The molecule has 2 aromatic rings. The summed E-state index contributed by atoms with van der Waals surface area (Å²) in [4.78, 5) is 19.4. The average molecular weight is 307 g/mol. The molecule has 1 aliphatic rings. The molecule has 1 saturated carbocycles. The third kappa shape index (κ3) is 2.89. The summed E-state index contributed by atoms with van der Waals surface area (Å²) in [5.41, 5.74) is 1.82. The van der Waals surface area contributed by atoms with Crippen molar-refractivity contribution in [1.29, 1.82) is 0 Å². The van der Waals surface area contributed by atoms with Gasteiger partial charge in [0.1, 0.15) is 5.52 Å². The van der Waals surface area contributed by atoms with Gasteiger partial charge in [-0.05, 0) is 25.8 Å².